The first kappa shape index (κ1) is 12.7. The second-order valence-electron chi connectivity index (χ2n) is 4.41. The third-order valence-electron chi connectivity index (χ3n) is 3.09. The molecule has 2 aromatic rings. The number of halogens is 1. The van der Waals surface area contributed by atoms with E-state index in [4.69, 9.17) is 5.84 Å². The van der Waals surface area contributed by atoms with E-state index in [2.05, 4.69) is 5.43 Å². The van der Waals surface area contributed by atoms with E-state index in [9.17, 15) is 4.39 Å². The van der Waals surface area contributed by atoms with Crippen LogP contribution in [0, 0.1) is 12.7 Å². The zero-order chi connectivity index (χ0) is 13.0. The van der Waals surface area contributed by atoms with Crippen molar-refractivity contribution in [2.45, 2.75) is 19.4 Å². The van der Waals surface area contributed by atoms with Gasteiger partial charge in [0.15, 0.2) is 0 Å². The van der Waals surface area contributed by atoms with Crippen molar-refractivity contribution in [3.05, 3.63) is 71.0 Å². The number of hydrazine groups is 1. The van der Waals surface area contributed by atoms with E-state index < -0.39 is 0 Å². The first-order valence-electron chi connectivity index (χ1n) is 5.97. The first-order valence-corrected chi connectivity index (χ1v) is 5.97. The van der Waals surface area contributed by atoms with Gasteiger partial charge in [-0.1, -0.05) is 36.4 Å². The van der Waals surface area contributed by atoms with Crippen molar-refractivity contribution in [3.63, 3.8) is 0 Å². The Morgan fingerprint density at radius 3 is 2.61 bits per heavy atom. The molecule has 0 aliphatic rings. The van der Waals surface area contributed by atoms with Crippen LogP contribution >= 0.6 is 0 Å². The summed E-state index contributed by atoms with van der Waals surface area (Å²) < 4.78 is 13.2. The predicted molar refractivity (Wildman–Crippen MR) is 71.3 cm³/mol. The fourth-order valence-electron chi connectivity index (χ4n) is 2.14. The Morgan fingerprint density at radius 1 is 1.17 bits per heavy atom. The number of rotatable bonds is 4. The minimum Gasteiger partial charge on any atom is -0.271 e. The van der Waals surface area contributed by atoms with Gasteiger partial charge in [-0.15, -0.1) is 0 Å². The summed E-state index contributed by atoms with van der Waals surface area (Å²) in [6, 6.07) is 14.7. The Hall–Kier alpha value is -1.71. The summed E-state index contributed by atoms with van der Waals surface area (Å²) in [5.41, 5.74) is 6.06. The summed E-state index contributed by atoms with van der Waals surface area (Å²) >= 11 is 0. The number of hydrogen-bond donors (Lipinski definition) is 2. The van der Waals surface area contributed by atoms with Crippen molar-refractivity contribution in [3.8, 4) is 0 Å². The third-order valence-corrected chi connectivity index (χ3v) is 3.09. The van der Waals surface area contributed by atoms with Crippen molar-refractivity contribution in [2.24, 2.45) is 5.84 Å². The van der Waals surface area contributed by atoms with Gasteiger partial charge >= 0.3 is 0 Å². The number of aryl methyl sites for hydroxylation is 1. The Morgan fingerprint density at radius 2 is 1.94 bits per heavy atom. The van der Waals surface area contributed by atoms with E-state index in [1.54, 1.807) is 12.1 Å². The van der Waals surface area contributed by atoms with Crippen LogP contribution in [0.5, 0.6) is 0 Å². The average molecular weight is 244 g/mol. The lowest BCUT2D eigenvalue weighted by Crippen LogP contribution is -2.30. The summed E-state index contributed by atoms with van der Waals surface area (Å²) in [5.74, 6) is 5.40. The lowest BCUT2D eigenvalue weighted by molar-refractivity contribution is 0.546. The monoisotopic (exact) mass is 244 g/mol. The molecule has 0 spiro atoms. The van der Waals surface area contributed by atoms with E-state index in [0.717, 1.165) is 11.1 Å². The quantitative estimate of drug-likeness (QED) is 0.641. The van der Waals surface area contributed by atoms with Gasteiger partial charge in [-0.2, -0.15) is 0 Å². The largest absolute Gasteiger partial charge is 0.271 e. The van der Waals surface area contributed by atoms with Crippen molar-refractivity contribution in [1.29, 1.82) is 0 Å². The molecule has 0 aromatic heterocycles. The van der Waals surface area contributed by atoms with Gasteiger partial charge in [0.05, 0.1) is 6.04 Å². The fraction of sp³-hybridized carbons (Fsp3) is 0.200. The maximum Gasteiger partial charge on any atom is 0.123 e. The molecule has 0 aliphatic carbocycles. The van der Waals surface area contributed by atoms with E-state index in [0.29, 0.717) is 6.42 Å². The maximum atomic E-state index is 13.2. The Bertz CT molecular complexity index is 525. The topological polar surface area (TPSA) is 38.0 Å². The molecule has 0 bridgehead atoms. The number of hydrogen-bond acceptors (Lipinski definition) is 2. The number of benzene rings is 2. The van der Waals surface area contributed by atoms with Gasteiger partial charge in [0.1, 0.15) is 5.82 Å². The van der Waals surface area contributed by atoms with Crippen LogP contribution in [-0.4, -0.2) is 0 Å². The zero-order valence-electron chi connectivity index (χ0n) is 10.4. The van der Waals surface area contributed by atoms with Gasteiger partial charge < -0.3 is 0 Å². The molecule has 2 nitrogen and oxygen atoms in total. The van der Waals surface area contributed by atoms with Crippen LogP contribution in [-0.2, 0) is 6.42 Å². The molecule has 3 N–H and O–H groups in total. The molecule has 0 fully saturated rings. The minimum atomic E-state index is -0.215. The molecule has 0 aliphatic heterocycles. The Kier molecular flexibility index (Phi) is 4.07. The van der Waals surface area contributed by atoms with Gasteiger partial charge in [-0.05, 0) is 42.2 Å². The second kappa shape index (κ2) is 5.76. The molecule has 0 heterocycles. The van der Waals surface area contributed by atoms with E-state index in [1.807, 2.05) is 37.3 Å². The molecule has 2 rings (SSSR count). The zero-order valence-corrected chi connectivity index (χ0v) is 10.4. The van der Waals surface area contributed by atoms with Crippen molar-refractivity contribution in [1.82, 2.24) is 5.43 Å². The molecule has 1 unspecified atom stereocenters. The summed E-state index contributed by atoms with van der Waals surface area (Å²) in [4.78, 5) is 0. The maximum absolute atomic E-state index is 13.2. The fourth-order valence-corrected chi connectivity index (χ4v) is 2.14. The number of nitrogens with one attached hydrogen (secondary N) is 1. The van der Waals surface area contributed by atoms with Gasteiger partial charge in [0.25, 0.3) is 0 Å². The lowest BCUT2D eigenvalue weighted by Gasteiger charge is -2.18. The highest BCUT2D eigenvalue weighted by Gasteiger charge is 2.12. The summed E-state index contributed by atoms with van der Waals surface area (Å²) in [6.45, 7) is 2.05. The standard InChI is InChI=1S/C15H17FN2/c1-11-5-2-3-8-14(11)15(18-17)10-12-6-4-7-13(16)9-12/h2-9,15,18H,10,17H2,1H3. The molecule has 18 heavy (non-hydrogen) atoms. The summed E-state index contributed by atoms with van der Waals surface area (Å²) in [7, 11) is 0. The normalized spacial score (nSPS) is 12.4. The highest BCUT2D eigenvalue weighted by molar-refractivity contribution is 5.30. The van der Waals surface area contributed by atoms with E-state index in [1.165, 1.54) is 11.6 Å². The first-order chi connectivity index (χ1) is 8.70. The van der Waals surface area contributed by atoms with Gasteiger partial charge in [0, 0.05) is 0 Å². The molecule has 3 heteroatoms. The van der Waals surface area contributed by atoms with Crippen LogP contribution in [0.1, 0.15) is 22.7 Å². The Labute approximate surface area is 107 Å². The average Bonchev–Trinajstić information content (AvgIpc) is 2.37. The molecule has 0 radical (unpaired) electrons. The van der Waals surface area contributed by atoms with Crippen molar-refractivity contribution in [2.75, 3.05) is 0 Å². The minimum absolute atomic E-state index is 0.00648. The molecule has 2 aromatic carbocycles. The Balaban J connectivity index is 2.23. The lowest BCUT2D eigenvalue weighted by atomic mass is 9.96. The second-order valence-corrected chi connectivity index (χ2v) is 4.41. The van der Waals surface area contributed by atoms with Crippen LogP contribution in [0.3, 0.4) is 0 Å². The number of nitrogens with two attached hydrogens (primary N) is 1. The van der Waals surface area contributed by atoms with Gasteiger partial charge in [-0.3, -0.25) is 11.3 Å². The van der Waals surface area contributed by atoms with Crippen LogP contribution in [0.15, 0.2) is 48.5 Å². The van der Waals surface area contributed by atoms with E-state index >= 15 is 0 Å². The molecule has 0 saturated heterocycles. The predicted octanol–water partition coefficient (Wildman–Crippen LogP) is 2.88. The smallest absolute Gasteiger partial charge is 0.123 e. The van der Waals surface area contributed by atoms with E-state index in [-0.39, 0.29) is 11.9 Å². The van der Waals surface area contributed by atoms with Crippen molar-refractivity contribution < 1.29 is 4.39 Å². The molecule has 1 atom stereocenters. The van der Waals surface area contributed by atoms with Crippen LogP contribution in [0.2, 0.25) is 0 Å². The molecule has 0 amide bonds. The summed E-state index contributed by atoms with van der Waals surface area (Å²) in [6.07, 6.45) is 0.666. The van der Waals surface area contributed by atoms with Crippen molar-refractivity contribution >= 4 is 0 Å². The molecular weight excluding hydrogens is 227 g/mol. The SMILES string of the molecule is Cc1ccccc1C(Cc1cccc(F)c1)NN. The molecule has 0 saturated carbocycles. The highest BCUT2D eigenvalue weighted by Crippen LogP contribution is 2.21. The van der Waals surface area contributed by atoms with Gasteiger partial charge in [0.2, 0.25) is 0 Å². The molecule has 94 valence electrons. The molecular formula is C15H17FN2. The van der Waals surface area contributed by atoms with Crippen LogP contribution in [0.25, 0.3) is 0 Å². The third kappa shape index (κ3) is 2.94. The van der Waals surface area contributed by atoms with Crippen LogP contribution in [0.4, 0.5) is 4.39 Å². The van der Waals surface area contributed by atoms with Crippen LogP contribution < -0.4 is 11.3 Å². The highest BCUT2D eigenvalue weighted by atomic mass is 19.1. The summed E-state index contributed by atoms with van der Waals surface area (Å²) in [5, 5.41) is 0. The van der Waals surface area contributed by atoms with Gasteiger partial charge in [-0.25, -0.2) is 4.39 Å².